The largest absolute Gasteiger partial charge is 0.497 e. The van der Waals surface area contributed by atoms with Gasteiger partial charge in [0.25, 0.3) is 11.7 Å². The van der Waals surface area contributed by atoms with Crippen LogP contribution in [-0.2, 0) is 9.53 Å². The van der Waals surface area contributed by atoms with E-state index in [2.05, 4.69) is 11.0 Å². The van der Waals surface area contributed by atoms with E-state index in [-0.39, 0.29) is 6.09 Å². The van der Waals surface area contributed by atoms with E-state index in [1.54, 1.807) is 23.0 Å². The topological polar surface area (TPSA) is 79.4 Å². The van der Waals surface area contributed by atoms with E-state index in [0.717, 1.165) is 11.1 Å². The normalized spacial score (nSPS) is 20.2. The number of Topliss-reactive ketones (excluding diaryl/α,β-unsaturated/α-hetero) is 1. The van der Waals surface area contributed by atoms with Crippen molar-refractivity contribution >= 4 is 29.0 Å². The van der Waals surface area contributed by atoms with Gasteiger partial charge in [0.05, 0.1) is 23.9 Å². The summed E-state index contributed by atoms with van der Waals surface area (Å²) in [6.07, 6.45) is 1.78. The number of hydrogen-bond donors (Lipinski definition) is 0. The molecule has 0 spiro atoms. The standard InChI is InChI=1S/C24H31N3O5/c1-23(2,3)32-22(30)26-9-7-25(8-10-26)14-15-13-24(4,5)27-19-17(15)11-16(31-6)12-18(19)20(28)21(27)29/h11-13H,7-10,14H2,1-6H3. The summed E-state index contributed by atoms with van der Waals surface area (Å²) >= 11 is 0. The van der Waals surface area contributed by atoms with Crippen molar-refractivity contribution in [3.63, 3.8) is 0 Å². The van der Waals surface area contributed by atoms with E-state index in [1.807, 2.05) is 40.7 Å². The number of piperazine rings is 1. The quantitative estimate of drug-likeness (QED) is 0.671. The predicted molar refractivity (Wildman–Crippen MR) is 121 cm³/mol. The molecule has 0 radical (unpaired) electrons. The van der Waals surface area contributed by atoms with Gasteiger partial charge in [0.15, 0.2) is 0 Å². The van der Waals surface area contributed by atoms with Crippen molar-refractivity contribution in [2.75, 3.05) is 44.7 Å². The lowest BCUT2D eigenvalue weighted by Gasteiger charge is -2.41. The molecule has 3 aliphatic heterocycles. The lowest BCUT2D eigenvalue weighted by atomic mass is 9.87. The Hall–Kier alpha value is -2.87. The van der Waals surface area contributed by atoms with Crippen LogP contribution in [-0.4, -0.2) is 78.6 Å². The minimum absolute atomic E-state index is 0.284. The maximum Gasteiger partial charge on any atom is 0.410 e. The maximum atomic E-state index is 12.7. The summed E-state index contributed by atoms with van der Waals surface area (Å²) in [5.41, 5.74) is 1.85. The van der Waals surface area contributed by atoms with Crippen LogP contribution in [0.1, 0.15) is 50.5 Å². The molecule has 172 valence electrons. The Bertz CT molecular complexity index is 1010. The van der Waals surface area contributed by atoms with Gasteiger partial charge in [0.1, 0.15) is 11.4 Å². The summed E-state index contributed by atoms with van der Waals surface area (Å²) in [5, 5.41) is 0. The Morgan fingerprint density at radius 3 is 2.28 bits per heavy atom. The first-order valence-corrected chi connectivity index (χ1v) is 10.9. The van der Waals surface area contributed by atoms with Crippen LogP contribution in [0.5, 0.6) is 5.75 Å². The minimum Gasteiger partial charge on any atom is -0.497 e. The lowest BCUT2D eigenvalue weighted by molar-refractivity contribution is -0.115. The molecule has 8 nitrogen and oxygen atoms in total. The third-order valence-electron chi connectivity index (χ3n) is 6.05. The predicted octanol–water partition coefficient (Wildman–Crippen LogP) is 2.95. The number of methoxy groups -OCH3 is 1. The average Bonchev–Trinajstić information content (AvgIpc) is 2.96. The van der Waals surface area contributed by atoms with Gasteiger partial charge in [-0.25, -0.2) is 4.79 Å². The van der Waals surface area contributed by atoms with Crippen molar-refractivity contribution in [2.45, 2.75) is 45.8 Å². The zero-order valence-electron chi connectivity index (χ0n) is 19.7. The average molecular weight is 442 g/mol. The number of rotatable bonds is 3. The van der Waals surface area contributed by atoms with Gasteiger partial charge in [0, 0.05) is 38.3 Å². The van der Waals surface area contributed by atoms with E-state index in [9.17, 15) is 14.4 Å². The van der Waals surface area contributed by atoms with E-state index in [1.165, 1.54) is 0 Å². The molecule has 4 rings (SSSR count). The van der Waals surface area contributed by atoms with Gasteiger partial charge < -0.3 is 14.4 Å². The van der Waals surface area contributed by atoms with Crippen molar-refractivity contribution in [3.05, 3.63) is 29.3 Å². The van der Waals surface area contributed by atoms with E-state index in [4.69, 9.17) is 9.47 Å². The number of amides is 2. The number of ketones is 1. The second-order valence-corrected chi connectivity index (χ2v) is 10.1. The fraction of sp³-hybridized carbons (Fsp3) is 0.542. The van der Waals surface area contributed by atoms with Gasteiger partial charge in [-0.2, -0.15) is 0 Å². The Morgan fingerprint density at radius 2 is 1.69 bits per heavy atom. The van der Waals surface area contributed by atoms with Crippen LogP contribution in [0.3, 0.4) is 0 Å². The second kappa shape index (κ2) is 7.62. The van der Waals surface area contributed by atoms with Crippen molar-refractivity contribution < 1.29 is 23.9 Å². The minimum atomic E-state index is -0.618. The summed E-state index contributed by atoms with van der Waals surface area (Å²) < 4.78 is 10.9. The molecule has 3 aliphatic rings. The van der Waals surface area contributed by atoms with Gasteiger partial charge in [0.2, 0.25) is 0 Å². The van der Waals surface area contributed by atoms with Crippen LogP contribution in [0.15, 0.2) is 18.2 Å². The van der Waals surface area contributed by atoms with Crippen LogP contribution < -0.4 is 9.64 Å². The summed E-state index contributed by atoms with van der Waals surface area (Å²) in [5.74, 6) is -0.434. The zero-order valence-corrected chi connectivity index (χ0v) is 19.7. The fourth-order valence-corrected chi connectivity index (χ4v) is 4.61. The molecule has 0 unspecified atom stereocenters. The van der Waals surface area contributed by atoms with Crippen molar-refractivity contribution in [1.82, 2.24) is 9.80 Å². The molecule has 32 heavy (non-hydrogen) atoms. The second-order valence-electron chi connectivity index (χ2n) is 10.1. The van der Waals surface area contributed by atoms with Gasteiger partial charge in [-0.05, 0) is 52.3 Å². The number of hydrogen-bond acceptors (Lipinski definition) is 6. The molecule has 0 aromatic heterocycles. The molecule has 1 saturated heterocycles. The summed E-state index contributed by atoms with van der Waals surface area (Å²) in [6.45, 7) is 12.7. The molecule has 8 heteroatoms. The Morgan fingerprint density at radius 1 is 1.06 bits per heavy atom. The molecular weight excluding hydrogens is 410 g/mol. The molecule has 0 aliphatic carbocycles. The lowest BCUT2D eigenvalue weighted by Crippen LogP contribution is -2.51. The summed E-state index contributed by atoms with van der Waals surface area (Å²) in [7, 11) is 1.56. The van der Waals surface area contributed by atoms with Crippen molar-refractivity contribution in [3.8, 4) is 5.75 Å². The first-order chi connectivity index (χ1) is 14.9. The highest BCUT2D eigenvalue weighted by atomic mass is 16.6. The monoisotopic (exact) mass is 441 g/mol. The van der Waals surface area contributed by atoms with Crippen LogP contribution in [0.2, 0.25) is 0 Å². The molecule has 3 heterocycles. The molecule has 0 saturated carbocycles. The Balaban J connectivity index is 1.56. The molecular formula is C24H31N3O5. The summed E-state index contributed by atoms with van der Waals surface area (Å²) in [6, 6.07) is 3.55. The van der Waals surface area contributed by atoms with Crippen molar-refractivity contribution in [2.24, 2.45) is 0 Å². The molecule has 1 aromatic rings. The van der Waals surface area contributed by atoms with E-state index in [0.29, 0.717) is 49.7 Å². The number of carbonyl (C=O) groups is 3. The zero-order chi connectivity index (χ0) is 23.4. The molecule has 0 atom stereocenters. The van der Waals surface area contributed by atoms with Crippen LogP contribution in [0.25, 0.3) is 5.57 Å². The summed E-state index contributed by atoms with van der Waals surface area (Å²) in [4.78, 5) is 43.4. The smallest absolute Gasteiger partial charge is 0.410 e. The first-order valence-electron chi connectivity index (χ1n) is 10.9. The van der Waals surface area contributed by atoms with Gasteiger partial charge in [-0.15, -0.1) is 0 Å². The highest BCUT2D eigenvalue weighted by Crippen LogP contribution is 2.47. The van der Waals surface area contributed by atoms with Gasteiger partial charge >= 0.3 is 6.09 Å². The molecule has 1 aromatic carbocycles. The van der Waals surface area contributed by atoms with Crippen LogP contribution >= 0.6 is 0 Å². The van der Waals surface area contributed by atoms with E-state index >= 15 is 0 Å². The molecule has 0 bridgehead atoms. The number of anilines is 1. The maximum absolute atomic E-state index is 12.7. The number of ether oxygens (including phenoxy) is 2. The van der Waals surface area contributed by atoms with E-state index < -0.39 is 22.8 Å². The fourth-order valence-electron chi connectivity index (χ4n) is 4.61. The highest BCUT2D eigenvalue weighted by Gasteiger charge is 2.47. The Kier molecular flexibility index (Phi) is 5.32. The number of benzene rings is 1. The van der Waals surface area contributed by atoms with Gasteiger partial charge in [-0.1, -0.05) is 6.08 Å². The molecule has 2 amide bonds. The number of carbonyl (C=O) groups excluding carboxylic acids is 3. The van der Waals surface area contributed by atoms with Crippen LogP contribution in [0, 0.1) is 0 Å². The SMILES string of the molecule is COc1cc2c3c(c1)C(CN1CCN(C(=O)OC(C)(C)C)CC1)=CC(C)(C)N3C(=O)C2=O. The third kappa shape index (κ3) is 3.88. The van der Waals surface area contributed by atoms with Gasteiger partial charge in [-0.3, -0.25) is 19.4 Å². The highest BCUT2D eigenvalue weighted by molar-refractivity contribution is 6.53. The van der Waals surface area contributed by atoms with Crippen molar-refractivity contribution in [1.29, 1.82) is 0 Å². The molecule has 0 N–H and O–H groups in total. The Labute approximate surface area is 188 Å². The number of nitrogens with zero attached hydrogens (tertiary/aromatic N) is 3. The molecule has 1 fully saturated rings. The third-order valence-corrected chi connectivity index (χ3v) is 6.05. The van der Waals surface area contributed by atoms with Crippen LogP contribution in [0.4, 0.5) is 10.5 Å². The first kappa shape index (κ1) is 22.3.